The van der Waals surface area contributed by atoms with Crippen LogP contribution in [0.3, 0.4) is 0 Å². The molecule has 3 heterocycles. The Bertz CT molecular complexity index is 938. The maximum atomic E-state index is 13.6. The number of ether oxygens (including phenoxy) is 1. The van der Waals surface area contributed by atoms with Gasteiger partial charge in [-0.15, -0.1) is 11.3 Å². The Morgan fingerprint density at radius 2 is 1.77 bits per heavy atom. The van der Waals surface area contributed by atoms with Crippen LogP contribution in [-0.4, -0.2) is 54.4 Å². The molecule has 2 fully saturated rings. The van der Waals surface area contributed by atoms with Crippen molar-refractivity contribution in [2.24, 2.45) is 11.3 Å². The summed E-state index contributed by atoms with van der Waals surface area (Å²) in [6.07, 6.45) is 1.84. The second-order valence-electron chi connectivity index (χ2n) is 9.60. The molecule has 0 saturated carbocycles. The first-order valence-electron chi connectivity index (χ1n) is 10.9. The summed E-state index contributed by atoms with van der Waals surface area (Å²) in [6.45, 7) is 11.7. The second-order valence-corrected chi connectivity index (χ2v) is 10.7. The highest BCUT2D eigenvalue weighted by Gasteiger charge is 2.35. The van der Waals surface area contributed by atoms with Crippen molar-refractivity contribution >= 4 is 33.2 Å². The molecule has 0 spiro atoms. The first-order valence-corrected chi connectivity index (χ1v) is 11.7. The molecule has 30 heavy (non-hydrogen) atoms. The Hall–Kier alpha value is -1.92. The molecule has 0 radical (unpaired) electrons. The Balaban J connectivity index is 1.64. The van der Waals surface area contributed by atoms with Gasteiger partial charge in [-0.2, -0.15) is 0 Å². The van der Waals surface area contributed by atoms with Crippen molar-refractivity contribution in [3.05, 3.63) is 34.7 Å². The lowest BCUT2D eigenvalue weighted by molar-refractivity contribution is -0.136. The molecule has 2 aliphatic rings. The molecule has 1 aromatic carbocycles. The number of amides is 2. The minimum absolute atomic E-state index is 0.0555. The molecular formula is C24H32N2O3S. The fraction of sp³-hybridized carbons (Fsp3) is 0.583. The summed E-state index contributed by atoms with van der Waals surface area (Å²) >= 11 is 1.56. The number of likely N-dealkylation sites (tertiary alicyclic amines) is 1. The van der Waals surface area contributed by atoms with E-state index in [1.807, 2.05) is 21.9 Å². The van der Waals surface area contributed by atoms with E-state index in [9.17, 15) is 9.59 Å². The Kier molecular flexibility index (Phi) is 5.90. The Morgan fingerprint density at radius 3 is 2.43 bits per heavy atom. The first kappa shape index (κ1) is 21.3. The van der Waals surface area contributed by atoms with Crippen LogP contribution in [0.1, 0.15) is 61.9 Å². The molecule has 4 rings (SSSR count). The zero-order valence-electron chi connectivity index (χ0n) is 18.4. The second kappa shape index (κ2) is 8.31. The standard InChI is InChI=1S/C24H32N2O3S/c1-16(27)26-13-14-29-19(15-26)21-18-7-5-6-8-20(18)30-22(21)23(28)25-11-9-17(10-12-25)24(2,3)4/h5-8,17,19H,9-15H2,1-4H3. The summed E-state index contributed by atoms with van der Waals surface area (Å²) in [4.78, 5) is 30.2. The normalized spacial score (nSPS) is 21.3. The molecule has 6 heteroatoms. The predicted molar refractivity (Wildman–Crippen MR) is 121 cm³/mol. The van der Waals surface area contributed by atoms with E-state index < -0.39 is 0 Å². The van der Waals surface area contributed by atoms with E-state index in [1.54, 1.807) is 18.3 Å². The van der Waals surface area contributed by atoms with Gasteiger partial charge < -0.3 is 14.5 Å². The van der Waals surface area contributed by atoms with Gasteiger partial charge in [0.1, 0.15) is 6.10 Å². The third kappa shape index (κ3) is 4.12. The summed E-state index contributed by atoms with van der Waals surface area (Å²) < 4.78 is 7.19. The van der Waals surface area contributed by atoms with Gasteiger partial charge >= 0.3 is 0 Å². The highest BCUT2D eigenvalue weighted by Crippen LogP contribution is 2.40. The number of nitrogens with zero attached hydrogens (tertiary/aromatic N) is 2. The van der Waals surface area contributed by atoms with Gasteiger partial charge in [0.05, 0.1) is 18.0 Å². The van der Waals surface area contributed by atoms with Gasteiger partial charge in [0.2, 0.25) is 5.91 Å². The third-order valence-electron chi connectivity index (χ3n) is 6.67. The average molecular weight is 429 g/mol. The van der Waals surface area contributed by atoms with Crippen LogP contribution in [0.15, 0.2) is 24.3 Å². The van der Waals surface area contributed by atoms with Gasteiger partial charge in [0.15, 0.2) is 0 Å². The number of carbonyl (C=O) groups excluding carboxylic acids is 2. The topological polar surface area (TPSA) is 49.9 Å². The van der Waals surface area contributed by atoms with Gasteiger partial charge in [-0.25, -0.2) is 0 Å². The number of piperidine rings is 1. The molecule has 2 saturated heterocycles. The predicted octanol–water partition coefficient (Wildman–Crippen LogP) is 4.72. The van der Waals surface area contributed by atoms with Crippen LogP contribution in [0.5, 0.6) is 0 Å². The maximum Gasteiger partial charge on any atom is 0.264 e. The van der Waals surface area contributed by atoms with Crippen molar-refractivity contribution in [1.29, 1.82) is 0 Å². The summed E-state index contributed by atoms with van der Waals surface area (Å²) in [6, 6.07) is 8.15. The van der Waals surface area contributed by atoms with Crippen LogP contribution >= 0.6 is 11.3 Å². The lowest BCUT2D eigenvalue weighted by atomic mass is 9.75. The molecule has 1 unspecified atom stereocenters. The minimum Gasteiger partial charge on any atom is -0.370 e. The zero-order chi connectivity index (χ0) is 21.5. The number of thiophene rings is 1. The molecule has 1 aromatic heterocycles. The Labute approximate surface area is 183 Å². The largest absolute Gasteiger partial charge is 0.370 e. The van der Waals surface area contributed by atoms with Crippen LogP contribution in [0.25, 0.3) is 10.1 Å². The van der Waals surface area contributed by atoms with Crippen molar-refractivity contribution < 1.29 is 14.3 Å². The zero-order valence-corrected chi connectivity index (χ0v) is 19.3. The quantitative estimate of drug-likeness (QED) is 0.695. The van der Waals surface area contributed by atoms with E-state index in [-0.39, 0.29) is 23.3 Å². The molecular weight excluding hydrogens is 396 g/mol. The monoisotopic (exact) mass is 428 g/mol. The summed E-state index contributed by atoms with van der Waals surface area (Å²) in [5.41, 5.74) is 1.24. The number of fused-ring (bicyclic) bond motifs is 1. The number of morpholine rings is 1. The lowest BCUT2D eigenvalue weighted by Crippen LogP contribution is -2.43. The molecule has 0 N–H and O–H groups in total. The number of hydrogen-bond acceptors (Lipinski definition) is 4. The van der Waals surface area contributed by atoms with Crippen LogP contribution in [0.2, 0.25) is 0 Å². The number of hydrogen-bond donors (Lipinski definition) is 0. The number of carbonyl (C=O) groups is 2. The highest BCUT2D eigenvalue weighted by molar-refractivity contribution is 7.21. The average Bonchev–Trinajstić information content (AvgIpc) is 3.12. The van der Waals surface area contributed by atoms with Crippen molar-refractivity contribution in [3.8, 4) is 0 Å². The summed E-state index contributed by atoms with van der Waals surface area (Å²) in [7, 11) is 0. The van der Waals surface area contributed by atoms with Crippen molar-refractivity contribution in [1.82, 2.24) is 9.80 Å². The smallest absolute Gasteiger partial charge is 0.264 e. The minimum atomic E-state index is -0.259. The van der Waals surface area contributed by atoms with E-state index in [0.29, 0.717) is 25.6 Å². The summed E-state index contributed by atoms with van der Waals surface area (Å²) in [5, 5.41) is 1.07. The van der Waals surface area contributed by atoms with E-state index >= 15 is 0 Å². The lowest BCUT2D eigenvalue weighted by Gasteiger charge is -2.39. The number of benzene rings is 1. The van der Waals surface area contributed by atoms with Crippen molar-refractivity contribution in [2.45, 2.75) is 46.6 Å². The molecule has 2 aromatic rings. The summed E-state index contributed by atoms with van der Waals surface area (Å²) in [5.74, 6) is 0.816. The molecule has 2 amide bonds. The molecule has 2 aliphatic heterocycles. The van der Waals surface area contributed by atoms with E-state index in [4.69, 9.17) is 4.74 Å². The van der Waals surface area contributed by atoms with E-state index in [0.717, 1.165) is 46.5 Å². The van der Waals surface area contributed by atoms with E-state index in [2.05, 4.69) is 32.9 Å². The first-order chi connectivity index (χ1) is 14.3. The highest BCUT2D eigenvalue weighted by atomic mass is 32.1. The van der Waals surface area contributed by atoms with Gasteiger partial charge in [0, 0.05) is 36.8 Å². The van der Waals surface area contributed by atoms with Crippen molar-refractivity contribution in [3.63, 3.8) is 0 Å². The SMILES string of the molecule is CC(=O)N1CCOC(c2c(C(=O)N3CCC(C(C)(C)C)CC3)sc3ccccc23)C1. The fourth-order valence-electron chi connectivity index (χ4n) is 4.75. The van der Waals surface area contributed by atoms with Gasteiger partial charge in [0.25, 0.3) is 5.91 Å². The third-order valence-corrected chi connectivity index (χ3v) is 7.84. The van der Waals surface area contributed by atoms with Crippen LogP contribution in [0, 0.1) is 11.3 Å². The van der Waals surface area contributed by atoms with E-state index in [1.165, 1.54) is 0 Å². The molecule has 5 nitrogen and oxygen atoms in total. The van der Waals surface area contributed by atoms with Crippen molar-refractivity contribution in [2.75, 3.05) is 32.8 Å². The van der Waals surface area contributed by atoms with Gasteiger partial charge in [-0.1, -0.05) is 39.0 Å². The molecule has 1 atom stereocenters. The fourth-order valence-corrected chi connectivity index (χ4v) is 5.97. The Morgan fingerprint density at radius 1 is 1.07 bits per heavy atom. The molecule has 162 valence electrons. The molecule has 0 bridgehead atoms. The maximum absolute atomic E-state index is 13.6. The van der Waals surface area contributed by atoms with Gasteiger partial charge in [-0.05, 0) is 35.6 Å². The van der Waals surface area contributed by atoms with Crippen LogP contribution in [0.4, 0.5) is 0 Å². The van der Waals surface area contributed by atoms with Crippen LogP contribution in [-0.2, 0) is 9.53 Å². The molecule has 0 aliphatic carbocycles. The van der Waals surface area contributed by atoms with Gasteiger partial charge in [-0.3, -0.25) is 9.59 Å². The van der Waals surface area contributed by atoms with Crippen LogP contribution < -0.4 is 0 Å². The number of rotatable bonds is 2.